The van der Waals surface area contributed by atoms with Gasteiger partial charge in [0.1, 0.15) is 11.1 Å². The molecule has 164 valence electrons. The summed E-state index contributed by atoms with van der Waals surface area (Å²) in [6.45, 7) is 2.74. The van der Waals surface area contributed by atoms with Gasteiger partial charge in [0.05, 0.1) is 10.7 Å². The molecule has 0 bridgehead atoms. The zero-order valence-electron chi connectivity index (χ0n) is 17.5. The van der Waals surface area contributed by atoms with Crippen molar-refractivity contribution in [2.75, 3.05) is 11.4 Å². The third-order valence-corrected chi connectivity index (χ3v) is 7.29. The molecule has 0 amide bonds. The molecule has 1 aromatic heterocycles. The molecule has 2 aromatic carbocycles. The van der Waals surface area contributed by atoms with Crippen molar-refractivity contribution in [3.63, 3.8) is 0 Å². The van der Waals surface area contributed by atoms with Crippen LogP contribution in [0.15, 0.2) is 70.1 Å². The van der Waals surface area contributed by atoms with Crippen LogP contribution in [0.4, 0.5) is 5.69 Å². The standard InChI is InChI=1S/C24H22N2O4S2/c1-16(14-21-25(12-10-23(27)28)17-6-2-4-8-19(17)31-21)15-22-26(13-11-24(29)30)18-7-3-5-9-20(18)32-22/h2-9,14-15H,10-13H2,1H3,(H-,27,28,29,30). The molecule has 1 aliphatic rings. The largest absolute Gasteiger partial charge is 0.550 e. The number of thiazole rings is 1. The Morgan fingerprint density at radius 3 is 2.66 bits per heavy atom. The average Bonchev–Trinajstić information content (AvgIpc) is 3.27. The first kappa shape index (κ1) is 22.1. The van der Waals surface area contributed by atoms with Crippen molar-refractivity contribution in [2.24, 2.45) is 0 Å². The van der Waals surface area contributed by atoms with Crippen molar-refractivity contribution in [2.45, 2.75) is 31.2 Å². The minimum Gasteiger partial charge on any atom is -0.550 e. The lowest BCUT2D eigenvalue weighted by Crippen LogP contribution is -2.36. The van der Waals surface area contributed by atoms with Gasteiger partial charge in [-0.1, -0.05) is 47.4 Å². The van der Waals surface area contributed by atoms with E-state index < -0.39 is 11.9 Å². The Balaban J connectivity index is 1.68. The summed E-state index contributed by atoms with van der Waals surface area (Å²) in [5, 5.41) is 22.1. The third kappa shape index (κ3) is 4.87. The molecule has 1 N–H and O–H groups in total. The summed E-state index contributed by atoms with van der Waals surface area (Å²) in [6, 6.07) is 15.9. The quantitative estimate of drug-likeness (QED) is 0.510. The first-order valence-corrected chi connectivity index (χ1v) is 11.8. The molecule has 1 aliphatic heterocycles. The Morgan fingerprint density at radius 1 is 1.12 bits per heavy atom. The molecule has 8 heteroatoms. The third-order valence-electron chi connectivity index (χ3n) is 5.06. The summed E-state index contributed by atoms with van der Waals surface area (Å²) in [5.41, 5.74) is 3.01. The van der Waals surface area contributed by atoms with Crippen LogP contribution in [0.25, 0.3) is 16.3 Å². The van der Waals surface area contributed by atoms with Crippen LogP contribution in [0.2, 0.25) is 0 Å². The molecule has 0 aliphatic carbocycles. The van der Waals surface area contributed by atoms with Gasteiger partial charge in [-0.15, -0.1) is 0 Å². The van der Waals surface area contributed by atoms with E-state index in [0.717, 1.165) is 36.4 Å². The van der Waals surface area contributed by atoms with Gasteiger partial charge in [-0.2, -0.15) is 4.57 Å². The minimum absolute atomic E-state index is 0.0501. The van der Waals surface area contributed by atoms with E-state index in [1.54, 1.807) is 23.1 Å². The zero-order chi connectivity index (χ0) is 22.7. The van der Waals surface area contributed by atoms with E-state index in [1.165, 1.54) is 0 Å². The first-order chi connectivity index (χ1) is 15.4. The van der Waals surface area contributed by atoms with Crippen LogP contribution in [0.1, 0.15) is 24.8 Å². The van der Waals surface area contributed by atoms with Gasteiger partial charge in [0, 0.05) is 36.0 Å². The Kier molecular flexibility index (Phi) is 6.62. The summed E-state index contributed by atoms with van der Waals surface area (Å²) in [5.74, 6) is -1.90. The van der Waals surface area contributed by atoms with Crippen LogP contribution < -0.4 is 14.6 Å². The van der Waals surface area contributed by atoms with E-state index in [1.807, 2.05) is 71.0 Å². The van der Waals surface area contributed by atoms with Crippen molar-refractivity contribution in [3.8, 4) is 0 Å². The summed E-state index contributed by atoms with van der Waals surface area (Å²) in [4.78, 5) is 25.3. The second kappa shape index (κ2) is 9.58. The van der Waals surface area contributed by atoms with Crippen LogP contribution in [0, 0.1) is 0 Å². The number of aryl methyl sites for hydroxylation is 1. The van der Waals surface area contributed by atoms with Gasteiger partial charge in [0.15, 0.2) is 6.54 Å². The van der Waals surface area contributed by atoms with Gasteiger partial charge in [0.2, 0.25) is 5.52 Å². The highest BCUT2D eigenvalue weighted by Gasteiger charge is 2.25. The number of aromatic nitrogens is 1. The topological polar surface area (TPSA) is 84.6 Å². The normalized spacial score (nSPS) is 14.8. The van der Waals surface area contributed by atoms with E-state index in [2.05, 4.69) is 6.08 Å². The molecule has 0 spiro atoms. The van der Waals surface area contributed by atoms with Gasteiger partial charge in [0.25, 0.3) is 5.01 Å². The van der Waals surface area contributed by atoms with Crippen LogP contribution in [0.5, 0.6) is 0 Å². The second-order valence-corrected chi connectivity index (χ2v) is 9.54. The number of nitrogens with zero attached hydrogens (tertiary/aromatic N) is 2. The maximum absolute atomic E-state index is 11.2. The maximum Gasteiger partial charge on any atom is 0.309 e. The summed E-state index contributed by atoms with van der Waals surface area (Å²) >= 11 is 3.23. The van der Waals surface area contributed by atoms with Crippen LogP contribution in [-0.2, 0) is 16.1 Å². The highest BCUT2D eigenvalue weighted by Crippen LogP contribution is 2.46. The minimum atomic E-state index is -1.07. The lowest BCUT2D eigenvalue weighted by atomic mass is 10.2. The summed E-state index contributed by atoms with van der Waals surface area (Å²) in [6.07, 6.45) is 4.10. The van der Waals surface area contributed by atoms with Gasteiger partial charge >= 0.3 is 5.97 Å². The molecule has 4 rings (SSSR count). The van der Waals surface area contributed by atoms with Crippen molar-refractivity contribution in [1.29, 1.82) is 0 Å². The molecule has 0 unspecified atom stereocenters. The molecule has 0 saturated heterocycles. The van der Waals surface area contributed by atoms with Gasteiger partial charge in [-0.25, -0.2) is 0 Å². The van der Waals surface area contributed by atoms with Gasteiger partial charge in [-0.3, -0.25) is 4.79 Å². The maximum atomic E-state index is 11.2. The number of anilines is 1. The Hall–Kier alpha value is -3.10. The molecule has 2 heterocycles. The fraction of sp³-hybridized carbons (Fsp3) is 0.208. The van der Waals surface area contributed by atoms with Crippen LogP contribution in [0.3, 0.4) is 0 Å². The zero-order valence-corrected chi connectivity index (χ0v) is 19.1. The number of aliphatic carboxylic acids is 2. The van der Waals surface area contributed by atoms with Crippen molar-refractivity contribution in [1.82, 2.24) is 0 Å². The van der Waals surface area contributed by atoms with E-state index >= 15 is 0 Å². The van der Waals surface area contributed by atoms with Gasteiger partial charge < -0.3 is 19.9 Å². The van der Waals surface area contributed by atoms with E-state index in [0.29, 0.717) is 13.1 Å². The average molecular weight is 467 g/mol. The number of carboxylic acid groups (broad SMARTS) is 2. The molecule has 0 fully saturated rings. The SMILES string of the molecule is CC(/C=C1\Sc2ccccc2N1CCC(=O)[O-])=C\c1sc2ccccc2[n+]1CCC(=O)O. The number of carbonyl (C=O) groups is 2. The Morgan fingerprint density at radius 2 is 1.88 bits per heavy atom. The predicted molar refractivity (Wildman–Crippen MR) is 125 cm³/mol. The molecular formula is C24H22N2O4S2. The summed E-state index contributed by atoms with van der Waals surface area (Å²) in [7, 11) is 0. The van der Waals surface area contributed by atoms with E-state index in [-0.39, 0.29) is 12.8 Å². The number of carboxylic acids is 2. The number of para-hydroxylation sites is 2. The number of fused-ring (bicyclic) bond motifs is 2. The number of hydrogen-bond acceptors (Lipinski definition) is 6. The molecule has 6 nitrogen and oxygen atoms in total. The Bertz CT molecular complexity index is 1250. The van der Waals surface area contributed by atoms with Crippen molar-refractivity contribution in [3.05, 3.63) is 70.2 Å². The monoisotopic (exact) mass is 466 g/mol. The molecule has 3 aromatic rings. The lowest BCUT2D eigenvalue weighted by Gasteiger charge is -2.20. The first-order valence-electron chi connectivity index (χ1n) is 10.2. The number of carbonyl (C=O) groups excluding carboxylic acids is 1. The molecule has 0 radical (unpaired) electrons. The molecule has 0 saturated carbocycles. The molecule has 0 atom stereocenters. The van der Waals surface area contributed by atoms with Crippen LogP contribution in [-0.4, -0.2) is 23.6 Å². The smallest absolute Gasteiger partial charge is 0.309 e. The van der Waals surface area contributed by atoms with Gasteiger partial charge in [-0.05, 0) is 36.8 Å². The Labute approximate surface area is 194 Å². The number of allylic oxidation sites excluding steroid dienone is 2. The number of benzene rings is 2. The highest BCUT2D eigenvalue weighted by molar-refractivity contribution is 8.03. The fourth-order valence-corrected chi connectivity index (χ4v) is 6.02. The molecular weight excluding hydrogens is 444 g/mol. The molecule has 32 heavy (non-hydrogen) atoms. The van der Waals surface area contributed by atoms with Crippen LogP contribution >= 0.6 is 23.1 Å². The second-order valence-electron chi connectivity index (χ2n) is 7.42. The fourth-order valence-electron chi connectivity index (χ4n) is 3.62. The number of hydrogen-bond donors (Lipinski definition) is 1. The van der Waals surface area contributed by atoms with Crippen molar-refractivity contribution >= 4 is 57.0 Å². The predicted octanol–water partition coefficient (Wildman–Crippen LogP) is 3.66. The van der Waals surface area contributed by atoms with E-state index in [9.17, 15) is 14.7 Å². The highest BCUT2D eigenvalue weighted by atomic mass is 32.2. The number of thioether (sulfide) groups is 1. The van der Waals surface area contributed by atoms with E-state index in [4.69, 9.17) is 5.11 Å². The summed E-state index contributed by atoms with van der Waals surface area (Å²) < 4.78 is 3.14. The lowest BCUT2D eigenvalue weighted by molar-refractivity contribution is -0.667. The number of rotatable bonds is 8. The van der Waals surface area contributed by atoms with Crippen molar-refractivity contribution < 1.29 is 24.4 Å².